The molecule has 0 unspecified atom stereocenters. The van der Waals surface area contributed by atoms with Gasteiger partial charge >= 0.3 is 0 Å². The average Bonchev–Trinajstić information content (AvgIpc) is 2.74. The lowest BCUT2D eigenvalue weighted by molar-refractivity contribution is -0.384. The van der Waals surface area contributed by atoms with Gasteiger partial charge in [-0.3, -0.25) is 19.2 Å². The Bertz CT molecular complexity index is 1160. The van der Waals surface area contributed by atoms with E-state index in [4.69, 9.17) is 0 Å². The van der Waals surface area contributed by atoms with E-state index in [0.29, 0.717) is 16.9 Å². The Morgan fingerprint density at radius 2 is 1.67 bits per heavy atom. The monoisotopic (exact) mass is 425 g/mol. The van der Waals surface area contributed by atoms with E-state index in [0.717, 1.165) is 0 Å². The number of hydrogen-bond donors (Lipinski definition) is 1. The van der Waals surface area contributed by atoms with E-state index in [2.05, 4.69) is 5.32 Å². The van der Waals surface area contributed by atoms with Crippen LogP contribution in [-0.4, -0.2) is 26.3 Å². The second-order valence-corrected chi connectivity index (χ2v) is 8.45. The highest BCUT2D eigenvalue weighted by Crippen LogP contribution is 2.23. The van der Waals surface area contributed by atoms with Crippen LogP contribution >= 0.6 is 0 Å². The average molecular weight is 425 g/mol. The highest BCUT2D eigenvalue weighted by atomic mass is 32.2. The number of nitro groups is 1. The summed E-state index contributed by atoms with van der Waals surface area (Å²) >= 11 is 0. The maximum atomic E-state index is 12.7. The smallest absolute Gasteiger partial charge is 0.271 e. The number of hydrogen-bond acceptors (Lipinski definition) is 5. The van der Waals surface area contributed by atoms with Gasteiger partial charge in [-0.1, -0.05) is 36.4 Å². The fourth-order valence-electron chi connectivity index (χ4n) is 2.80. The standard InChI is InChI=1S/C21H19N3O5S/c1-23(30(28,29)20-8-3-2-4-9-20)18-12-10-16(11-13-18)14-21(25)22-17-6-5-7-19(15-17)24(26)27/h2-13,15H,14H2,1H3,(H,22,25). The van der Waals surface area contributed by atoms with Crippen LogP contribution < -0.4 is 9.62 Å². The Balaban J connectivity index is 1.68. The number of nitrogens with one attached hydrogen (secondary N) is 1. The SMILES string of the molecule is CN(c1ccc(CC(=O)Nc2cccc([N+](=O)[O-])c2)cc1)S(=O)(=O)c1ccccc1. The first-order valence-electron chi connectivity index (χ1n) is 8.94. The quantitative estimate of drug-likeness (QED) is 0.459. The number of amides is 1. The molecule has 0 aliphatic rings. The maximum absolute atomic E-state index is 12.7. The molecule has 3 rings (SSSR count). The minimum atomic E-state index is -3.68. The summed E-state index contributed by atoms with van der Waals surface area (Å²) in [4.78, 5) is 22.7. The Morgan fingerprint density at radius 1 is 1.00 bits per heavy atom. The van der Waals surface area contributed by atoms with Gasteiger partial charge in [-0.25, -0.2) is 8.42 Å². The van der Waals surface area contributed by atoms with Crippen molar-refractivity contribution in [1.82, 2.24) is 0 Å². The van der Waals surface area contributed by atoms with Crippen LogP contribution in [0.5, 0.6) is 0 Å². The van der Waals surface area contributed by atoms with E-state index in [-0.39, 0.29) is 22.9 Å². The molecule has 0 bridgehead atoms. The summed E-state index contributed by atoms with van der Waals surface area (Å²) in [5, 5.41) is 13.4. The molecule has 0 atom stereocenters. The molecule has 9 heteroatoms. The zero-order valence-electron chi connectivity index (χ0n) is 16.1. The second kappa shape index (κ2) is 8.75. The van der Waals surface area contributed by atoms with Crippen LogP contribution in [-0.2, 0) is 21.2 Å². The van der Waals surface area contributed by atoms with Gasteiger partial charge in [0, 0.05) is 24.9 Å². The molecule has 154 valence electrons. The third-order valence-corrected chi connectivity index (χ3v) is 6.21. The molecule has 0 aliphatic heterocycles. The largest absolute Gasteiger partial charge is 0.326 e. The lowest BCUT2D eigenvalue weighted by Gasteiger charge is -2.19. The number of nitro benzene ring substituents is 1. The van der Waals surface area contributed by atoms with Crippen LogP contribution in [0.1, 0.15) is 5.56 Å². The lowest BCUT2D eigenvalue weighted by atomic mass is 10.1. The van der Waals surface area contributed by atoms with E-state index in [1.807, 2.05) is 0 Å². The van der Waals surface area contributed by atoms with Crippen LogP contribution in [0.25, 0.3) is 0 Å². The molecule has 0 aromatic heterocycles. The molecule has 3 aromatic rings. The molecule has 0 heterocycles. The van der Waals surface area contributed by atoms with Crippen LogP contribution in [0.3, 0.4) is 0 Å². The number of rotatable bonds is 7. The summed E-state index contributed by atoms with van der Waals surface area (Å²) in [7, 11) is -2.22. The number of nitrogens with zero attached hydrogens (tertiary/aromatic N) is 2. The van der Waals surface area contributed by atoms with Crippen LogP contribution in [0.4, 0.5) is 17.1 Å². The van der Waals surface area contributed by atoms with Gasteiger partial charge in [0.25, 0.3) is 15.7 Å². The molecule has 0 aliphatic carbocycles. The molecule has 0 saturated carbocycles. The summed E-state index contributed by atoms with van der Waals surface area (Å²) in [5.41, 5.74) is 1.35. The van der Waals surface area contributed by atoms with Gasteiger partial charge in [-0.05, 0) is 35.9 Å². The summed E-state index contributed by atoms with van der Waals surface area (Å²) in [5.74, 6) is -0.339. The van der Waals surface area contributed by atoms with Crippen molar-refractivity contribution in [3.63, 3.8) is 0 Å². The molecule has 0 radical (unpaired) electrons. The number of non-ortho nitro benzene ring substituents is 1. The first-order chi connectivity index (χ1) is 14.3. The van der Waals surface area contributed by atoms with Gasteiger partial charge in [0.1, 0.15) is 0 Å². The molecular weight excluding hydrogens is 406 g/mol. The van der Waals surface area contributed by atoms with Crippen molar-refractivity contribution < 1.29 is 18.1 Å². The predicted molar refractivity (Wildman–Crippen MR) is 114 cm³/mol. The Labute approximate surface area is 174 Å². The molecular formula is C21H19N3O5S. The van der Waals surface area contributed by atoms with Crippen LogP contribution in [0, 0.1) is 10.1 Å². The molecule has 8 nitrogen and oxygen atoms in total. The van der Waals surface area contributed by atoms with E-state index in [1.165, 1.54) is 41.7 Å². The topological polar surface area (TPSA) is 110 Å². The Hall–Kier alpha value is -3.72. The van der Waals surface area contributed by atoms with Gasteiger partial charge < -0.3 is 5.32 Å². The van der Waals surface area contributed by atoms with Gasteiger partial charge in [-0.15, -0.1) is 0 Å². The van der Waals surface area contributed by atoms with Crippen LogP contribution in [0.15, 0.2) is 83.8 Å². The molecule has 30 heavy (non-hydrogen) atoms. The van der Waals surface area contributed by atoms with Crippen molar-refractivity contribution in [2.45, 2.75) is 11.3 Å². The zero-order chi connectivity index (χ0) is 21.7. The first kappa shape index (κ1) is 21.0. The molecule has 3 aromatic carbocycles. The van der Waals surface area contributed by atoms with E-state index in [9.17, 15) is 23.3 Å². The highest BCUT2D eigenvalue weighted by Gasteiger charge is 2.20. The molecule has 0 saturated heterocycles. The van der Waals surface area contributed by atoms with E-state index in [1.54, 1.807) is 48.5 Å². The van der Waals surface area contributed by atoms with Crippen molar-refractivity contribution in [3.05, 3.63) is 94.5 Å². The fraction of sp³-hybridized carbons (Fsp3) is 0.0952. The van der Waals surface area contributed by atoms with Crippen molar-refractivity contribution in [2.24, 2.45) is 0 Å². The number of sulfonamides is 1. The summed E-state index contributed by atoms with van der Waals surface area (Å²) < 4.78 is 26.6. The van der Waals surface area contributed by atoms with E-state index < -0.39 is 14.9 Å². The van der Waals surface area contributed by atoms with Gasteiger partial charge in [-0.2, -0.15) is 0 Å². The normalized spacial score (nSPS) is 11.0. The Kier molecular flexibility index (Phi) is 6.12. The molecule has 0 fully saturated rings. The third-order valence-electron chi connectivity index (χ3n) is 4.41. The van der Waals surface area contributed by atoms with Gasteiger partial charge in [0.15, 0.2) is 0 Å². The number of carbonyl (C=O) groups is 1. The van der Waals surface area contributed by atoms with E-state index >= 15 is 0 Å². The van der Waals surface area contributed by atoms with Crippen molar-refractivity contribution in [1.29, 1.82) is 0 Å². The number of carbonyl (C=O) groups excluding carboxylic acids is 1. The number of benzene rings is 3. The van der Waals surface area contributed by atoms with Crippen LogP contribution in [0.2, 0.25) is 0 Å². The predicted octanol–water partition coefficient (Wildman–Crippen LogP) is 3.60. The first-order valence-corrected chi connectivity index (χ1v) is 10.4. The molecule has 0 spiro atoms. The van der Waals surface area contributed by atoms with Crippen molar-refractivity contribution in [2.75, 3.05) is 16.7 Å². The number of anilines is 2. The summed E-state index contributed by atoms with van der Waals surface area (Å²) in [6.45, 7) is 0. The Morgan fingerprint density at radius 3 is 2.30 bits per heavy atom. The minimum Gasteiger partial charge on any atom is -0.326 e. The van der Waals surface area contributed by atoms with Gasteiger partial charge in [0.2, 0.25) is 5.91 Å². The van der Waals surface area contributed by atoms with Crippen molar-refractivity contribution >= 4 is 33.0 Å². The fourth-order valence-corrected chi connectivity index (χ4v) is 4.02. The minimum absolute atomic E-state index is 0.0398. The van der Waals surface area contributed by atoms with Crippen molar-refractivity contribution in [3.8, 4) is 0 Å². The zero-order valence-corrected chi connectivity index (χ0v) is 16.9. The highest BCUT2D eigenvalue weighted by molar-refractivity contribution is 7.92. The maximum Gasteiger partial charge on any atom is 0.271 e. The summed E-state index contributed by atoms with van der Waals surface area (Å²) in [6, 6.07) is 20.4. The molecule has 1 N–H and O–H groups in total. The summed E-state index contributed by atoms with van der Waals surface area (Å²) in [6.07, 6.45) is 0.0398. The van der Waals surface area contributed by atoms with Gasteiger partial charge in [0.05, 0.1) is 21.9 Å². The lowest BCUT2D eigenvalue weighted by Crippen LogP contribution is -2.26. The third kappa shape index (κ3) is 4.81. The second-order valence-electron chi connectivity index (χ2n) is 6.48. The molecule has 1 amide bonds.